The van der Waals surface area contributed by atoms with Gasteiger partial charge in [-0.05, 0) is 11.8 Å². The summed E-state index contributed by atoms with van der Waals surface area (Å²) < 4.78 is 0. The van der Waals surface area contributed by atoms with Gasteiger partial charge in [-0.25, -0.2) is 0 Å². The van der Waals surface area contributed by atoms with E-state index in [1.807, 2.05) is 24.5 Å². The number of rotatable bonds is 5. The SMILES string of the molecule is CSc1nnc(CSCc2ccccc2)c(=O)[nH]1. The van der Waals surface area contributed by atoms with E-state index in [-0.39, 0.29) is 5.56 Å². The molecule has 0 aliphatic heterocycles. The van der Waals surface area contributed by atoms with Crippen LogP contribution in [0.5, 0.6) is 0 Å². The molecule has 1 heterocycles. The van der Waals surface area contributed by atoms with Gasteiger partial charge in [0, 0.05) is 11.5 Å². The van der Waals surface area contributed by atoms with E-state index in [4.69, 9.17) is 0 Å². The molecule has 1 aromatic carbocycles. The van der Waals surface area contributed by atoms with Gasteiger partial charge in [0.2, 0.25) is 0 Å². The average molecular weight is 279 g/mol. The number of aromatic amines is 1. The Hall–Kier alpha value is -1.27. The van der Waals surface area contributed by atoms with Crippen molar-refractivity contribution in [1.29, 1.82) is 0 Å². The Balaban J connectivity index is 1.93. The Labute approximate surface area is 114 Å². The molecule has 1 aromatic heterocycles. The Bertz CT molecular complexity index is 557. The second kappa shape index (κ2) is 6.61. The lowest BCUT2D eigenvalue weighted by atomic mass is 10.2. The quantitative estimate of drug-likeness (QED) is 0.851. The van der Waals surface area contributed by atoms with Crippen molar-refractivity contribution in [1.82, 2.24) is 15.2 Å². The smallest absolute Gasteiger partial charge is 0.274 e. The minimum atomic E-state index is -0.144. The zero-order chi connectivity index (χ0) is 12.8. The lowest BCUT2D eigenvalue weighted by molar-refractivity contribution is 0.787. The molecule has 0 saturated heterocycles. The monoisotopic (exact) mass is 279 g/mol. The molecule has 18 heavy (non-hydrogen) atoms. The van der Waals surface area contributed by atoms with Crippen LogP contribution in [0.2, 0.25) is 0 Å². The average Bonchev–Trinajstić information content (AvgIpc) is 2.42. The summed E-state index contributed by atoms with van der Waals surface area (Å²) >= 11 is 3.03. The second-order valence-corrected chi connectivity index (χ2v) is 5.37. The van der Waals surface area contributed by atoms with Gasteiger partial charge < -0.3 is 0 Å². The molecule has 2 rings (SSSR count). The van der Waals surface area contributed by atoms with E-state index in [0.717, 1.165) is 5.75 Å². The second-order valence-electron chi connectivity index (χ2n) is 3.59. The van der Waals surface area contributed by atoms with Crippen molar-refractivity contribution in [2.24, 2.45) is 0 Å². The molecule has 6 heteroatoms. The first-order valence-corrected chi connectivity index (χ1v) is 7.79. The van der Waals surface area contributed by atoms with Crippen molar-refractivity contribution >= 4 is 23.5 Å². The fraction of sp³-hybridized carbons (Fsp3) is 0.250. The Morgan fingerprint density at radius 2 is 1.94 bits per heavy atom. The lowest BCUT2D eigenvalue weighted by Gasteiger charge is -2.01. The molecule has 94 valence electrons. The number of thioether (sulfide) groups is 2. The zero-order valence-corrected chi connectivity index (χ0v) is 11.6. The molecule has 2 aromatic rings. The van der Waals surface area contributed by atoms with Crippen LogP contribution >= 0.6 is 23.5 Å². The summed E-state index contributed by atoms with van der Waals surface area (Å²) in [5, 5.41) is 8.43. The fourth-order valence-corrected chi connectivity index (χ4v) is 2.60. The number of nitrogens with one attached hydrogen (secondary N) is 1. The first-order valence-electron chi connectivity index (χ1n) is 5.41. The summed E-state index contributed by atoms with van der Waals surface area (Å²) in [4.78, 5) is 14.4. The van der Waals surface area contributed by atoms with Crippen LogP contribution in [0, 0.1) is 0 Å². The van der Waals surface area contributed by atoms with Gasteiger partial charge in [0.25, 0.3) is 5.56 Å². The third-order valence-corrected chi connectivity index (χ3v) is 3.87. The van der Waals surface area contributed by atoms with Crippen LogP contribution < -0.4 is 5.56 Å². The van der Waals surface area contributed by atoms with Crippen molar-refractivity contribution in [3.63, 3.8) is 0 Å². The van der Waals surface area contributed by atoms with E-state index < -0.39 is 0 Å². The van der Waals surface area contributed by atoms with E-state index in [9.17, 15) is 4.79 Å². The summed E-state index contributed by atoms with van der Waals surface area (Å²) in [5.74, 6) is 1.44. The van der Waals surface area contributed by atoms with Gasteiger partial charge in [0.1, 0.15) is 5.69 Å². The number of benzene rings is 1. The molecule has 0 radical (unpaired) electrons. The Morgan fingerprint density at radius 1 is 1.17 bits per heavy atom. The van der Waals surface area contributed by atoms with Crippen LogP contribution in [-0.2, 0) is 11.5 Å². The standard InChI is InChI=1S/C12H13N3OS2/c1-17-12-13-11(16)10(14-15-12)8-18-7-9-5-3-2-4-6-9/h2-6H,7-8H2,1H3,(H,13,15,16). The summed E-state index contributed by atoms with van der Waals surface area (Å²) in [6.07, 6.45) is 1.85. The topological polar surface area (TPSA) is 58.6 Å². The fourth-order valence-electron chi connectivity index (χ4n) is 1.37. The van der Waals surface area contributed by atoms with Gasteiger partial charge in [0.05, 0.1) is 0 Å². The normalized spacial score (nSPS) is 10.5. The number of aromatic nitrogens is 3. The highest BCUT2D eigenvalue weighted by Crippen LogP contribution is 2.14. The van der Waals surface area contributed by atoms with Gasteiger partial charge in [0.15, 0.2) is 5.16 Å². The van der Waals surface area contributed by atoms with Crippen molar-refractivity contribution in [3.8, 4) is 0 Å². The molecule has 4 nitrogen and oxygen atoms in total. The maximum atomic E-state index is 11.7. The zero-order valence-electron chi connectivity index (χ0n) is 9.92. The summed E-state index contributed by atoms with van der Waals surface area (Å²) in [7, 11) is 0. The van der Waals surface area contributed by atoms with E-state index in [2.05, 4.69) is 27.3 Å². The van der Waals surface area contributed by atoms with E-state index >= 15 is 0 Å². The summed E-state index contributed by atoms with van der Waals surface area (Å²) in [6, 6.07) is 10.1. The van der Waals surface area contributed by atoms with E-state index in [1.165, 1.54) is 17.3 Å². The van der Waals surface area contributed by atoms with E-state index in [0.29, 0.717) is 16.6 Å². The summed E-state index contributed by atoms with van der Waals surface area (Å²) in [6.45, 7) is 0. The van der Waals surface area contributed by atoms with E-state index in [1.54, 1.807) is 11.8 Å². The Kier molecular flexibility index (Phi) is 4.83. The highest BCUT2D eigenvalue weighted by molar-refractivity contribution is 7.98. The number of hydrogen-bond acceptors (Lipinski definition) is 5. The lowest BCUT2D eigenvalue weighted by Crippen LogP contribution is -2.16. The Morgan fingerprint density at radius 3 is 2.61 bits per heavy atom. The highest BCUT2D eigenvalue weighted by Gasteiger charge is 2.04. The molecule has 0 bridgehead atoms. The number of nitrogens with zero attached hydrogens (tertiary/aromatic N) is 2. The van der Waals surface area contributed by atoms with Crippen molar-refractivity contribution in [3.05, 3.63) is 51.9 Å². The predicted octanol–water partition coefficient (Wildman–Crippen LogP) is 2.32. The maximum Gasteiger partial charge on any atom is 0.274 e. The third kappa shape index (κ3) is 3.61. The molecule has 0 aliphatic rings. The van der Waals surface area contributed by atoms with Crippen LogP contribution in [0.3, 0.4) is 0 Å². The molecule has 0 aliphatic carbocycles. The number of hydrogen-bond donors (Lipinski definition) is 1. The van der Waals surface area contributed by atoms with Gasteiger partial charge in [-0.3, -0.25) is 9.78 Å². The molecular formula is C12H13N3OS2. The van der Waals surface area contributed by atoms with Crippen molar-refractivity contribution in [2.75, 3.05) is 6.26 Å². The number of H-pyrrole nitrogens is 1. The van der Waals surface area contributed by atoms with Gasteiger partial charge in [-0.2, -0.15) is 11.8 Å². The minimum absolute atomic E-state index is 0.144. The molecule has 0 fully saturated rings. The molecule has 1 N–H and O–H groups in total. The highest BCUT2D eigenvalue weighted by atomic mass is 32.2. The van der Waals surface area contributed by atoms with Crippen molar-refractivity contribution in [2.45, 2.75) is 16.7 Å². The van der Waals surface area contributed by atoms with Crippen LogP contribution in [0.1, 0.15) is 11.3 Å². The predicted molar refractivity (Wildman–Crippen MR) is 75.9 cm³/mol. The molecule has 0 saturated carbocycles. The minimum Gasteiger partial charge on any atom is -0.298 e. The van der Waals surface area contributed by atoms with Crippen LogP contribution in [0.25, 0.3) is 0 Å². The van der Waals surface area contributed by atoms with Gasteiger partial charge >= 0.3 is 0 Å². The molecule has 0 atom stereocenters. The molecular weight excluding hydrogens is 266 g/mol. The first-order chi connectivity index (χ1) is 8.79. The maximum absolute atomic E-state index is 11.7. The van der Waals surface area contributed by atoms with Crippen molar-refractivity contribution < 1.29 is 0 Å². The van der Waals surface area contributed by atoms with Crippen LogP contribution in [0.15, 0.2) is 40.3 Å². The van der Waals surface area contributed by atoms with Crippen LogP contribution in [0.4, 0.5) is 0 Å². The largest absolute Gasteiger partial charge is 0.298 e. The third-order valence-electron chi connectivity index (χ3n) is 2.29. The first kappa shape index (κ1) is 13.2. The molecule has 0 amide bonds. The van der Waals surface area contributed by atoms with Gasteiger partial charge in [-0.15, -0.1) is 10.2 Å². The van der Waals surface area contributed by atoms with Crippen LogP contribution in [-0.4, -0.2) is 21.4 Å². The molecule has 0 unspecified atom stereocenters. The van der Waals surface area contributed by atoms with Gasteiger partial charge in [-0.1, -0.05) is 42.1 Å². The molecule has 0 spiro atoms. The summed E-state index contributed by atoms with van der Waals surface area (Å²) in [5.41, 5.74) is 1.58.